The second-order valence-electron chi connectivity index (χ2n) is 4.86. The van der Waals surface area contributed by atoms with E-state index >= 15 is 0 Å². The lowest BCUT2D eigenvalue weighted by molar-refractivity contribution is -0.129. The first-order valence-corrected chi connectivity index (χ1v) is 6.54. The number of carbonyl (C=O) groups excluding carboxylic acids is 1. The predicted molar refractivity (Wildman–Crippen MR) is 74.5 cm³/mol. The van der Waals surface area contributed by atoms with Crippen LogP contribution in [0.1, 0.15) is 24.8 Å². The molecule has 0 aliphatic carbocycles. The van der Waals surface area contributed by atoms with Gasteiger partial charge in [0.05, 0.1) is 11.4 Å². The number of carbonyl (C=O) groups is 1. The molecule has 2 rings (SSSR count). The van der Waals surface area contributed by atoms with Crippen LogP contribution in [-0.2, 0) is 4.79 Å². The first-order valence-electron chi connectivity index (χ1n) is 6.54. The quantitative estimate of drug-likeness (QED) is 0.800. The number of rotatable bonds is 4. The summed E-state index contributed by atoms with van der Waals surface area (Å²) < 4.78 is 0. The first-order chi connectivity index (χ1) is 8.66. The van der Waals surface area contributed by atoms with Gasteiger partial charge in [0.1, 0.15) is 0 Å². The van der Waals surface area contributed by atoms with Gasteiger partial charge in [-0.15, -0.1) is 0 Å². The summed E-state index contributed by atoms with van der Waals surface area (Å²) in [6.07, 6.45) is 2.82. The Bertz CT molecular complexity index is 425. The molecule has 0 spiro atoms. The van der Waals surface area contributed by atoms with E-state index in [-0.39, 0.29) is 5.91 Å². The third kappa shape index (κ3) is 3.15. The van der Waals surface area contributed by atoms with Gasteiger partial charge in [0.25, 0.3) is 0 Å². The molecule has 0 unspecified atom stereocenters. The van der Waals surface area contributed by atoms with Crippen LogP contribution < -0.4 is 11.1 Å². The number of nitrogens with one attached hydrogen (secondary N) is 1. The summed E-state index contributed by atoms with van der Waals surface area (Å²) in [7, 11) is 0. The van der Waals surface area contributed by atoms with Gasteiger partial charge in [-0.3, -0.25) is 4.79 Å². The molecule has 98 valence electrons. The molecule has 1 amide bonds. The number of benzene rings is 1. The van der Waals surface area contributed by atoms with Gasteiger partial charge < -0.3 is 16.0 Å². The number of hydrogen-bond donors (Lipinski definition) is 2. The van der Waals surface area contributed by atoms with E-state index in [1.165, 1.54) is 0 Å². The highest BCUT2D eigenvalue weighted by molar-refractivity contribution is 5.77. The van der Waals surface area contributed by atoms with Crippen molar-refractivity contribution in [2.24, 2.45) is 0 Å². The summed E-state index contributed by atoms with van der Waals surface area (Å²) >= 11 is 0. The molecule has 1 heterocycles. The summed E-state index contributed by atoms with van der Waals surface area (Å²) in [4.78, 5) is 13.8. The fourth-order valence-corrected chi connectivity index (χ4v) is 2.27. The fraction of sp³-hybridized carbons (Fsp3) is 0.500. The third-order valence-electron chi connectivity index (χ3n) is 3.32. The van der Waals surface area contributed by atoms with Crippen molar-refractivity contribution in [3.05, 3.63) is 23.8 Å². The molecule has 3 N–H and O–H groups in total. The summed E-state index contributed by atoms with van der Waals surface area (Å²) in [6, 6.07) is 5.91. The summed E-state index contributed by atoms with van der Waals surface area (Å²) in [5, 5.41) is 3.22. The van der Waals surface area contributed by atoms with Crippen LogP contribution in [0.25, 0.3) is 0 Å². The van der Waals surface area contributed by atoms with E-state index in [1.807, 2.05) is 30.0 Å². The summed E-state index contributed by atoms with van der Waals surface area (Å²) in [5.74, 6) is 0.241. The lowest BCUT2D eigenvalue weighted by Gasteiger charge is -2.16. The third-order valence-corrected chi connectivity index (χ3v) is 3.32. The predicted octanol–water partition coefficient (Wildman–Crippen LogP) is 2.00. The number of nitrogens with two attached hydrogens (primary N) is 1. The fourth-order valence-electron chi connectivity index (χ4n) is 2.27. The van der Waals surface area contributed by atoms with Gasteiger partial charge in [-0.05, 0) is 37.5 Å². The molecule has 1 aromatic carbocycles. The Morgan fingerprint density at radius 3 is 2.78 bits per heavy atom. The zero-order valence-electron chi connectivity index (χ0n) is 10.9. The van der Waals surface area contributed by atoms with Crippen molar-refractivity contribution in [1.29, 1.82) is 0 Å². The van der Waals surface area contributed by atoms with Gasteiger partial charge in [-0.1, -0.05) is 6.07 Å². The van der Waals surface area contributed by atoms with Crippen LogP contribution >= 0.6 is 0 Å². The van der Waals surface area contributed by atoms with Gasteiger partial charge in [-0.25, -0.2) is 0 Å². The van der Waals surface area contributed by atoms with E-state index < -0.39 is 0 Å². The molecule has 18 heavy (non-hydrogen) atoms. The minimum atomic E-state index is 0.241. The van der Waals surface area contributed by atoms with E-state index in [0.717, 1.165) is 42.9 Å². The number of amides is 1. The van der Waals surface area contributed by atoms with Crippen molar-refractivity contribution in [2.45, 2.75) is 26.2 Å². The van der Waals surface area contributed by atoms with Crippen molar-refractivity contribution < 1.29 is 4.79 Å². The van der Waals surface area contributed by atoms with Crippen molar-refractivity contribution in [2.75, 3.05) is 30.7 Å². The molecule has 0 atom stereocenters. The van der Waals surface area contributed by atoms with E-state index in [2.05, 4.69) is 5.32 Å². The number of nitrogens with zero attached hydrogens (tertiary/aromatic N) is 1. The van der Waals surface area contributed by atoms with Crippen LogP contribution in [0, 0.1) is 6.92 Å². The van der Waals surface area contributed by atoms with Crippen LogP contribution in [0.4, 0.5) is 11.4 Å². The molecule has 1 fully saturated rings. The Morgan fingerprint density at radius 1 is 1.39 bits per heavy atom. The normalized spacial score (nSPS) is 14.8. The van der Waals surface area contributed by atoms with Gasteiger partial charge in [0, 0.05) is 26.1 Å². The Kier molecular flexibility index (Phi) is 4.07. The SMILES string of the molecule is Cc1ccc(NCCC(=O)N2CCCC2)c(N)c1. The van der Waals surface area contributed by atoms with Crippen molar-refractivity contribution in [1.82, 2.24) is 4.90 Å². The second kappa shape index (κ2) is 5.76. The maximum atomic E-state index is 11.8. The minimum Gasteiger partial charge on any atom is -0.397 e. The van der Waals surface area contributed by atoms with Crippen LogP contribution in [0.2, 0.25) is 0 Å². The highest BCUT2D eigenvalue weighted by atomic mass is 16.2. The van der Waals surface area contributed by atoms with Gasteiger partial charge in [0.2, 0.25) is 5.91 Å². The second-order valence-corrected chi connectivity index (χ2v) is 4.86. The maximum absolute atomic E-state index is 11.8. The number of nitrogen functional groups attached to an aromatic ring is 1. The first kappa shape index (κ1) is 12.7. The molecule has 0 radical (unpaired) electrons. The van der Waals surface area contributed by atoms with Crippen LogP contribution in [0.15, 0.2) is 18.2 Å². The Hall–Kier alpha value is -1.71. The molecular weight excluding hydrogens is 226 g/mol. The average molecular weight is 247 g/mol. The molecule has 0 aromatic heterocycles. The zero-order chi connectivity index (χ0) is 13.0. The van der Waals surface area contributed by atoms with E-state index in [9.17, 15) is 4.79 Å². The molecule has 1 aromatic rings. The molecule has 0 saturated carbocycles. The lowest BCUT2D eigenvalue weighted by Crippen LogP contribution is -2.29. The van der Waals surface area contributed by atoms with Gasteiger partial charge in [-0.2, -0.15) is 0 Å². The van der Waals surface area contributed by atoms with E-state index in [4.69, 9.17) is 5.73 Å². The van der Waals surface area contributed by atoms with Crippen molar-refractivity contribution in [3.63, 3.8) is 0 Å². The van der Waals surface area contributed by atoms with Crippen LogP contribution in [-0.4, -0.2) is 30.4 Å². The minimum absolute atomic E-state index is 0.241. The number of aryl methyl sites for hydroxylation is 1. The molecule has 1 aliphatic heterocycles. The Morgan fingerprint density at radius 2 is 2.11 bits per heavy atom. The zero-order valence-corrected chi connectivity index (χ0v) is 10.9. The number of hydrogen-bond acceptors (Lipinski definition) is 3. The Labute approximate surface area is 108 Å². The Balaban J connectivity index is 1.79. The topological polar surface area (TPSA) is 58.4 Å². The van der Waals surface area contributed by atoms with Crippen LogP contribution in [0.5, 0.6) is 0 Å². The summed E-state index contributed by atoms with van der Waals surface area (Å²) in [6.45, 7) is 4.50. The standard InChI is InChI=1S/C14H21N3O/c1-11-4-5-13(12(15)10-11)16-7-6-14(18)17-8-2-3-9-17/h4-5,10,16H,2-3,6-9,15H2,1H3. The van der Waals surface area contributed by atoms with Crippen LogP contribution in [0.3, 0.4) is 0 Å². The van der Waals surface area contributed by atoms with Crippen molar-refractivity contribution in [3.8, 4) is 0 Å². The smallest absolute Gasteiger partial charge is 0.224 e. The number of anilines is 2. The molecule has 0 bridgehead atoms. The largest absolute Gasteiger partial charge is 0.397 e. The van der Waals surface area contributed by atoms with Gasteiger partial charge in [0.15, 0.2) is 0 Å². The van der Waals surface area contributed by atoms with E-state index in [0.29, 0.717) is 13.0 Å². The highest BCUT2D eigenvalue weighted by Crippen LogP contribution is 2.19. The van der Waals surface area contributed by atoms with Gasteiger partial charge >= 0.3 is 0 Å². The molecule has 4 heteroatoms. The molecule has 1 aliphatic rings. The highest BCUT2D eigenvalue weighted by Gasteiger charge is 2.16. The number of likely N-dealkylation sites (tertiary alicyclic amines) is 1. The average Bonchev–Trinajstić information content (AvgIpc) is 2.85. The molecule has 1 saturated heterocycles. The lowest BCUT2D eigenvalue weighted by atomic mass is 10.2. The van der Waals surface area contributed by atoms with E-state index in [1.54, 1.807) is 0 Å². The molecule has 4 nitrogen and oxygen atoms in total. The molecular formula is C14H21N3O. The summed E-state index contributed by atoms with van der Waals surface area (Å²) in [5.41, 5.74) is 8.70. The van der Waals surface area contributed by atoms with Crippen molar-refractivity contribution >= 4 is 17.3 Å². The monoisotopic (exact) mass is 247 g/mol. The maximum Gasteiger partial charge on any atom is 0.224 e.